The molecule has 0 aliphatic heterocycles. The molecule has 2 aromatic rings. The maximum atomic E-state index is 12.2. The predicted molar refractivity (Wildman–Crippen MR) is 95.5 cm³/mol. The van der Waals surface area contributed by atoms with Gasteiger partial charge in [-0.25, -0.2) is 4.79 Å². The maximum absolute atomic E-state index is 12.2. The van der Waals surface area contributed by atoms with Crippen LogP contribution in [0, 0.1) is 0 Å². The minimum absolute atomic E-state index is 0.0687. The largest absolute Gasteiger partial charge is 0.493 e. The Balaban J connectivity index is 2.07. The molecule has 0 unspecified atom stereocenters. The van der Waals surface area contributed by atoms with E-state index in [1.807, 2.05) is 6.07 Å². The van der Waals surface area contributed by atoms with Crippen LogP contribution in [0.3, 0.4) is 0 Å². The molecule has 2 N–H and O–H groups in total. The first-order valence-corrected chi connectivity index (χ1v) is 7.91. The van der Waals surface area contributed by atoms with E-state index in [-0.39, 0.29) is 11.5 Å². The number of carboxylic acid groups (broad SMARTS) is 1. The van der Waals surface area contributed by atoms with Crippen LogP contribution in [-0.4, -0.2) is 44.9 Å². The van der Waals surface area contributed by atoms with Gasteiger partial charge < -0.3 is 24.6 Å². The highest BCUT2D eigenvalue weighted by Gasteiger charge is 2.16. The summed E-state index contributed by atoms with van der Waals surface area (Å²) < 4.78 is 16.0. The highest BCUT2D eigenvalue weighted by atomic mass is 16.5. The van der Waals surface area contributed by atoms with Crippen LogP contribution in [0.5, 0.6) is 17.2 Å². The first kappa shape index (κ1) is 19.1. The van der Waals surface area contributed by atoms with Gasteiger partial charge in [-0.1, -0.05) is 12.1 Å². The Morgan fingerprint density at radius 1 is 0.962 bits per heavy atom. The minimum atomic E-state index is -1.07. The lowest BCUT2D eigenvalue weighted by Gasteiger charge is -2.16. The van der Waals surface area contributed by atoms with E-state index < -0.39 is 5.97 Å². The summed E-state index contributed by atoms with van der Waals surface area (Å²) in [6.07, 6.45) is 0.508. The average Bonchev–Trinajstić information content (AvgIpc) is 2.67. The maximum Gasteiger partial charge on any atom is 0.335 e. The molecule has 1 amide bonds. The van der Waals surface area contributed by atoms with Crippen molar-refractivity contribution < 1.29 is 28.9 Å². The zero-order chi connectivity index (χ0) is 19.1. The lowest BCUT2D eigenvalue weighted by molar-refractivity contribution is 0.0697. The molecular formula is C19H21NO6. The Morgan fingerprint density at radius 2 is 1.65 bits per heavy atom. The molecule has 26 heavy (non-hydrogen) atoms. The van der Waals surface area contributed by atoms with Crippen molar-refractivity contribution in [1.29, 1.82) is 0 Å². The summed E-state index contributed by atoms with van der Waals surface area (Å²) in [7, 11) is 4.61. The Labute approximate surface area is 151 Å². The molecule has 0 aromatic heterocycles. The topological polar surface area (TPSA) is 94.1 Å². The number of benzene rings is 2. The molecule has 2 aromatic carbocycles. The summed E-state index contributed by atoms with van der Waals surface area (Å²) in [4.78, 5) is 23.2. The molecule has 0 bridgehead atoms. The SMILES string of the molecule is COc1ccc(CCNC(=O)c2cccc(C(=O)O)c2)c(OC)c1OC. The number of rotatable bonds is 8. The molecule has 138 valence electrons. The number of carboxylic acids is 1. The number of nitrogens with one attached hydrogen (secondary N) is 1. The normalized spacial score (nSPS) is 10.1. The van der Waals surface area contributed by atoms with Crippen molar-refractivity contribution in [2.45, 2.75) is 6.42 Å². The molecule has 0 radical (unpaired) electrons. The molecule has 7 heteroatoms. The molecule has 0 saturated heterocycles. The molecule has 0 aliphatic rings. The van der Waals surface area contributed by atoms with Gasteiger partial charge >= 0.3 is 5.97 Å². The zero-order valence-electron chi connectivity index (χ0n) is 14.9. The number of hydrogen-bond donors (Lipinski definition) is 2. The lowest BCUT2D eigenvalue weighted by atomic mass is 10.1. The fraction of sp³-hybridized carbons (Fsp3) is 0.263. The molecule has 0 heterocycles. The molecule has 2 rings (SSSR count). The minimum Gasteiger partial charge on any atom is -0.493 e. The summed E-state index contributed by atoms with van der Waals surface area (Å²) in [6, 6.07) is 9.50. The third-order valence-corrected chi connectivity index (χ3v) is 3.84. The van der Waals surface area contributed by atoms with Gasteiger partial charge in [-0.3, -0.25) is 4.79 Å². The van der Waals surface area contributed by atoms with Crippen LogP contribution < -0.4 is 19.5 Å². The van der Waals surface area contributed by atoms with Crippen LogP contribution in [0.2, 0.25) is 0 Å². The second-order valence-electron chi connectivity index (χ2n) is 5.39. The van der Waals surface area contributed by atoms with Crippen LogP contribution in [0.15, 0.2) is 36.4 Å². The molecule has 0 aliphatic carbocycles. The van der Waals surface area contributed by atoms with Crippen molar-refractivity contribution in [2.75, 3.05) is 27.9 Å². The van der Waals surface area contributed by atoms with Gasteiger partial charge in [0.15, 0.2) is 11.5 Å². The van der Waals surface area contributed by atoms with Crippen molar-refractivity contribution in [3.05, 3.63) is 53.1 Å². The Morgan fingerprint density at radius 3 is 2.27 bits per heavy atom. The highest BCUT2D eigenvalue weighted by molar-refractivity contribution is 5.97. The lowest BCUT2D eigenvalue weighted by Crippen LogP contribution is -2.26. The highest BCUT2D eigenvalue weighted by Crippen LogP contribution is 2.39. The van der Waals surface area contributed by atoms with Crippen LogP contribution in [0.1, 0.15) is 26.3 Å². The zero-order valence-corrected chi connectivity index (χ0v) is 14.9. The number of carbonyl (C=O) groups excluding carboxylic acids is 1. The number of methoxy groups -OCH3 is 3. The Kier molecular flexibility index (Phi) is 6.43. The first-order chi connectivity index (χ1) is 12.5. The summed E-state index contributed by atoms with van der Waals surface area (Å²) in [5.74, 6) is 0.187. The van der Waals surface area contributed by atoms with Crippen LogP contribution in [0.4, 0.5) is 0 Å². The van der Waals surface area contributed by atoms with Crippen molar-refractivity contribution in [3.8, 4) is 17.2 Å². The fourth-order valence-electron chi connectivity index (χ4n) is 2.57. The second kappa shape index (κ2) is 8.75. The monoisotopic (exact) mass is 359 g/mol. The number of hydrogen-bond acceptors (Lipinski definition) is 5. The van der Waals surface area contributed by atoms with E-state index in [1.54, 1.807) is 19.2 Å². The van der Waals surface area contributed by atoms with E-state index in [0.717, 1.165) is 5.56 Å². The Hall–Kier alpha value is -3.22. The van der Waals surface area contributed by atoms with Gasteiger partial charge in [-0.15, -0.1) is 0 Å². The summed E-state index contributed by atoms with van der Waals surface area (Å²) in [5, 5.41) is 11.8. The van der Waals surface area contributed by atoms with E-state index in [2.05, 4.69) is 5.32 Å². The molecule has 0 saturated carbocycles. The molecule has 0 fully saturated rings. The number of carbonyl (C=O) groups is 2. The number of aromatic carboxylic acids is 1. The predicted octanol–water partition coefficient (Wildman–Crippen LogP) is 2.38. The third-order valence-electron chi connectivity index (χ3n) is 3.84. The quantitative estimate of drug-likeness (QED) is 0.752. The summed E-state index contributed by atoms with van der Waals surface area (Å²) >= 11 is 0. The Bertz CT molecular complexity index is 803. The van der Waals surface area contributed by atoms with Gasteiger partial charge in [0, 0.05) is 17.7 Å². The molecule has 0 atom stereocenters. The van der Waals surface area contributed by atoms with E-state index >= 15 is 0 Å². The van der Waals surface area contributed by atoms with Gasteiger partial charge in [0.2, 0.25) is 5.75 Å². The third kappa shape index (κ3) is 4.24. The van der Waals surface area contributed by atoms with Crippen molar-refractivity contribution in [3.63, 3.8) is 0 Å². The average molecular weight is 359 g/mol. The van der Waals surface area contributed by atoms with Gasteiger partial charge in [-0.05, 0) is 30.7 Å². The van der Waals surface area contributed by atoms with E-state index in [1.165, 1.54) is 32.4 Å². The summed E-state index contributed by atoms with van der Waals surface area (Å²) in [5.41, 5.74) is 1.22. The number of ether oxygens (including phenoxy) is 3. The van der Waals surface area contributed by atoms with Crippen LogP contribution >= 0.6 is 0 Å². The second-order valence-corrected chi connectivity index (χ2v) is 5.39. The standard InChI is InChI=1S/C19H21NO6/c1-24-15-8-7-12(16(25-2)17(15)26-3)9-10-20-18(21)13-5-4-6-14(11-13)19(22)23/h4-8,11H,9-10H2,1-3H3,(H,20,21)(H,22,23). The van der Waals surface area contributed by atoms with Crippen LogP contribution in [-0.2, 0) is 6.42 Å². The van der Waals surface area contributed by atoms with Gasteiger partial charge in [0.25, 0.3) is 5.91 Å². The molecule has 0 spiro atoms. The summed E-state index contributed by atoms with van der Waals surface area (Å²) in [6.45, 7) is 0.349. The smallest absolute Gasteiger partial charge is 0.335 e. The molecule has 7 nitrogen and oxygen atoms in total. The fourth-order valence-corrected chi connectivity index (χ4v) is 2.57. The van der Waals surface area contributed by atoms with E-state index in [9.17, 15) is 9.59 Å². The van der Waals surface area contributed by atoms with Crippen LogP contribution in [0.25, 0.3) is 0 Å². The van der Waals surface area contributed by atoms with Crippen molar-refractivity contribution in [1.82, 2.24) is 5.32 Å². The van der Waals surface area contributed by atoms with Gasteiger partial charge in [0.1, 0.15) is 0 Å². The van der Waals surface area contributed by atoms with Crippen molar-refractivity contribution >= 4 is 11.9 Å². The van der Waals surface area contributed by atoms with Gasteiger partial charge in [-0.2, -0.15) is 0 Å². The van der Waals surface area contributed by atoms with Gasteiger partial charge in [0.05, 0.1) is 26.9 Å². The number of amides is 1. The van der Waals surface area contributed by atoms with Crippen molar-refractivity contribution in [2.24, 2.45) is 0 Å². The first-order valence-electron chi connectivity index (χ1n) is 7.91. The van der Waals surface area contributed by atoms with E-state index in [4.69, 9.17) is 19.3 Å². The molecular weight excluding hydrogens is 338 g/mol. The van der Waals surface area contributed by atoms with E-state index in [0.29, 0.717) is 35.8 Å².